The molecule has 0 spiro atoms. The minimum absolute atomic E-state index is 0.610. The standard InChI is InChI=1S/C12H13N3O/c1-10(14-16)11-3-5-12(6-4-11)15-8-2-7-13-9-15/h2-8,16H,9H2,1H3. The van der Waals surface area contributed by atoms with Crippen molar-refractivity contribution in [3.8, 4) is 0 Å². The molecule has 1 aromatic rings. The minimum Gasteiger partial charge on any atom is -0.411 e. The Kier molecular flexibility index (Phi) is 3.00. The first-order valence-corrected chi connectivity index (χ1v) is 5.03. The molecule has 1 N–H and O–H groups in total. The van der Waals surface area contributed by atoms with E-state index in [1.165, 1.54) is 0 Å². The molecule has 0 aliphatic carbocycles. The van der Waals surface area contributed by atoms with E-state index < -0.39 is 0 Å². The van der Waals surface area contributed by atoms with E-state index in [0.717, 1.165) is 11.3 Å². The molecular weight excluding hydrogens is 202 g/mol. The number of oxime groups is 1. The van der Waals surface area contributed by atoms with Crippen molar-refractivity contribution in [2.75, 3.05) is 11.6 Å². The van der Waals surface area contributed by atoms with Crippen molar-refractivity contribution in [1.82, 2.24) is 0 Å². The van der Waals surface area contributed by atoms with Crippen molar-refractivity contribution in [3.05, 3.63) is 42.1 Å². The maximum atomic E-state index is 8.65. The Morgan fingerprint density at radius 3 is 2.69 bits per heavy atom. The molecule has 1 aliphatic rings. The van der Waals surface area contributed by atoms with Crippen LogP contribution in [0.1, 0.15) is 12.5 Å². The number of rotatable bonds is 2. The zero-order chi connectivity index (χ0) is 11.4. The maximum Gasteiger partial charge on any atom is 0.114 e. The van der Waals surface area contributed by atoms with Crippen LogP contribution < -0.4 is 4.90 Å². The van der Waals surface area contributed by atoms with Gasteiger partial charge in [-0.25, -0.2) is 0 Å². The highest BCUT2D eigenvalue weighted by Gasteiger charge is 2.04. The van der Waals surface area contributed by atoms with Crippen molar-refractivity contribution >= 4 is 17.6 Å². The molecule has 0 bridgehead atoms. The first-order chi connectivity index (χ1) is 7.81. The number of allylic oxidation sites excluding steroid dienone is 1. The molecule has 0 unspecified atom stereocenters. The van der Waals surface area contributed by atoms with Gasteiger partial charge < -0.3 is 10.1 Å². The van der Waals surface area contributed by atoms with Gasteiger partial charge in [0, 0.05) is 18.1 Å². The van der Waals surface area contributed by atoms with Crippen molar-refractivity contribution in [2.24, 2.45) is 10.1 Å². The Bertz CT molecular complexity index is 446. The van der Waals surface area contributed by atoms with Crippen LogP contribution in [0.2, 0.25) is 0 Å². The predicted molar refractivity (Wildman–Crippen MR) is 65.4 cm³/mol. The summed E-state index contributed by atoms with van der Waals surface area (Å²) in [7, 11) is 0. The van der Waals surface area contributed by atoms with Gasteiger partial charge in [-0.15, -0.1) is 0 Å². The third-order valence-corrected chi connectivity index (χ3v) is 2.46. The summed E-state index contributed by atoms with van der Waals surface area (Å²) >= 11 is 0. The lowest BCUT2D eigenvalue weighted by molar-refractivity contribution is 0.319. The molecule has 0 atom stereocenters. The van der Waals surface area contributed by atoms with Crippen LogP contribution in [0, 0.1) is 0 Å². The molecule has 0 fully saturated rings. The molecule has 2 rings (SSSR count). The lowest BCUT2D eigenvalue weighted by Crippen LogP contribution is -2.18. The molecule has 0 amide bonds. The predicted octanol–water partition coefficient (Wildman–Crippen LogP) is 2.25. The van der Waals surface area contributed by atoms with E-state index in [1.807, 2.05) is 41.4 Å². The van der Waals surface area contributed by atoms with Crippen molar-refractivity contribution < 1.29 is 5.21 Å². The fourth-order valence-corrected chi connectivity index (χ4v) is 1.51. The van der Waals surface area contributed by atoms with Gasteiger partial charge in [-0.05, 0) is 30.7 Å². The molecule has 0 saturated carbocycles. The highest BCUT2D eigenvalue weighted by Crippen LogP contribution is 2.17. The monoisotopic (exact) mass is 215 g/mol. The average Bonchev–Trinajstić information content (AvgIpc) is 2.39. The van der Waals surface area contributed by atoms with Gasteiger partial charge in [-0.1, -0.05) is 17.3 Å². The smallest absolute Gasteiger partial charge is 0.114 e. The summed E-state index contributed by atoms with van der Waals surface area (Å²) in [5.74, 6) is 0. The van der Waals surface area contributed by atoms with Gasteiger partial charge in [-0.3, -0.25) is 4.99 Å². The van der Waals surface area contributed by atoms with Gasteiger partial charge in [0.2, 0.25) is 0 Å². The first-order valence-electron chi connectivity index (χ1n) is 5.03. The summed E-state index contributed by atoms with van der Waals surface area (Å²) in [4.78, 5) is 6.20. The van der Waals surface area contributed by atoms with Gasteiger partial charge in [0.05, 0.1) is 5.71 Å². The minimum atomic E-state index is 0.610. The second kappa shape index (κ2) is 4.61. The summed E-state index contributed by atoms with van der Waals surface area (Å²) in [6, 6.07) is 7.82. The maximum absolute atomic E-state index is 8.65. The highest BCUT2D eigenvalue weighted by atomic mass is 16.4. The molecule has 4 heteroatoms. The van der Waals surface area contributed by atoms with Crippen molar-refractivity contribution in [1.29, 1.82) is 0 Å². The fourth-order valence-electron chi connectivity index (χ4n) is 1.51. The molecule has 1 aromatic carbocycles. The highest BCUT2D eigenvalue weighted by molar-refractivity contribution is 5.98. The van der Waals surface area contributed by atoms with Crippen molar-refractivity contribution in [2.45, 2.75) is 6.92 Å². The van der Waals surface area contributed by atoms with Gasteiger partial charge in [0.25, 0.3) is 0 Å². The third-order valence-electron chi connectivity index (χ3n) is 2.46. The van der Waals surface area contributed by atoms with E-state index in [0.29, 0.717) is 12.4 Å². The molecule has 0 radical (unpaired) electrons. The Balaban J connectivity index is 2.19. The molecule has 4 nitrogen and oxygen atoms in total. The summed E-state index contributed by atoms with van der Waals surface area (Å²) < 4.78 is 0. The van der Waals surface area contributed by atoms with Crippen molar-refractivity contribution in [3.63, 3.8) is 0 Å². The van der Waals surface area contributed by atoms with Crippen LogP contribution in [0.3, 0.4) is 0 Å². The molecule has 1 aliphatic heterocycles. The van der Waals surface area contributed by atoms with Gasteiger partial charge in [0.15, 0.2) is 0 Å². The molecule has 82 valence electrons. The Morgan fingerprint density at radius 2 is 2.12 bits per heavy atom. The van der Waals surface area contributed by atoms with E-state index in [4.69, 9.17) is 5.21 Å². The van der Waals surface area contributed by atoms with Crippen LogP contribution in [0.5, 0.6) is 0 Å². The van der Waals surface area contributed by atoms with Crippen LogP contribution >= 0.6 is 0 Å². The zero-order valence-corrected chi connectivity index (χ0v) is 9.04. The summed E-state index contributed by atoms with van der Waals surface area (Å²) in [5.41, 5.74) is 2.59. The number of hydrogen-bond acceptors (Lipinski definition) is 4. The second-order valence-corrected chi connectivity index (χ2v) is 3.52. The lowest BCUT2D eigenvalue weighted by atomic mass is 10.1. The summed E-state index contributed by atoms with van der Waals surface area (Å²) in [5, 5.41) is 11.8. The average molecular weight is 215 g/mol. The zero-order valence-electron chi connectivity index (χ0n) is 9.04. The summed E-state index contributed by atoms with van der Waals surface area (Å²) in [6.45, 7) is 2.41. The van der Waals surface area contributed by atoms with E-state index in [-0.39, 0.29) is 0 Å². The van der Waals surface area contributed by atoms with Crippen LogP contribution in [0.15, 0.2) is 46.7 Å². The van der Waals surface area contributed by atoms with Gasteiger partial charge in [0.1, 0.15) is 6.67 Å². The summed E-state index contributed by atoms with van der Waals surface area (Å²) in [6.07, 6.45) is 5.67. The van der Waals surface area contributed by atoms with Crippen LogP contribution in [0.4, 0.5) is 5.69 Å². The van der Waals surface area contributed by atoms with Gasteiger partial charge in [-0.2, -0.15) is 0 Å². The molecular formula is C12H13N3O. The third kappa shape index (κ3) is 2.11. The molecule has 0 saturated heterocycles. The number of anilines is 1. The normalized spacial score (nSPS) is 15.6. The number of hydrogen-bond donors (Lipinski definition) is 1. The Labute approximate surface area is 94.2 Å². The fraction of sp³-hybridized carbons (Fsp3) is 0.167. The Morgan fingerprint density at radius 1 is 1.38 bits per heavy atom. The number of aliphatic imine (C=N–C) groups is 1. The lowest BCUT2D eigenvalue weighted by Gasteiger charge is -2.19. The topological polar surface area (TPSA) is 48.2 Å². The molecule has 1 heterocycles. The Hall–Kier alpha value is -2.10. The van der Waals surface area contributed by atoms with E-state index in [2.05, 4.69) is 10.1 Å². The number of benzene rings is 1. The van der Waals surface area contributed by atoms with Crippen LogP contribution in [0.25, 0.3) is 0 Å². The SMILES string of the molecule is CC(=NO)c1ccc(N2C=CC=NC2)cc1. The molecule has 16 heavy (non-hydrogen) atoms. The second-order valence-electron chi connectivity index (χ2n) is 3.52. The largest absolute Gasteiger partial charge is 0.411 e. The quantitative estimate of drug-likeness (QED) is 0.467. The van der Waals surface area contributed by atoms with E-state index >= 15 is 0 Å². The van der Waals surface area contributed by atoms with E-state index in [9.17, 15) is 0 Å². The number of nitrogens with zero attached hydrogens (tertiary/aromatic N) is 3. The van der Waals surface area contributed by atoms with Crippen LogP contribution in [-0.2, 0) is 0 Å². The van der Waals surface area contributed by atoms with Crippen LogP contribution in [-0.4, -0.2) is 23.8 Å². The van der Waals surface area contributed by atoms with E-state index in [1.54, 1.807) is 13.1 Å². The molecule has 0 aromatic heterocycles. The van der Waals surface area contributed by atoms with Gasteiger partial charge >= 0.3 is 0 Å². The first kappa shape index (κ1) is 10.4.